The maximum absolute atomic E-state index is 12.9. The highest BCUT2D eigenvalue weighted by atomic mass is 35.5. The summed E-state index contributed by atoms with van der Waals surface area (Å²) in [5.41, 5.74) is 2.19. The van der Waals surface area contributed by atoms with Crippen molar-refractivity contribution in [3.8, 4) is 11.3 Å². The lowest BCUT2D eigenvalue weighted by Crippen LogP contribution is -2.13. The van der Waals surface area contributed by atoms with Crippen molar-refractivity contribution in [3.63, 3.8) is 0 Å². The number of aromatic nitrogens is 2. The molecule has 9 heteroatoms. The minimum absolute atomic E-state index is 0.214. The van der Waals surface area contributed by atoms with E-state index in [1.807, 2.05) is 0 Å². The quantitative estimate of drug-likeness (QED) is 0.518. The van der Waals surface area contributed by atoms with Crippen LogP contribution in [-0.2, 0) is 0 Å². The summed E-state index contributed by atoms with van der Waals surface area (Å²) in [5.74, 6) is -0.708. The number of nitrogens with zero attached hydrogens (tertiary/aromatic N) is 1. The fourth-order valence-corrected chi connectivity index (χ4v) is 3.33. The number of aromatic amines is 1. The van der Waals surface area contributed by atoms with E-state index in [2.05, 4.69) is 15.5 Å². The number of benzene rings is 2. The van der Waals surface area contributed by atoms with Gasteiger partial charge in [0.1, 0.15) is 17.0 Å². The average molecular weight is 404 g/mol. The summed E-state index contributed by atoms with van der Waals surface area (Å²) in [6.07, 6.45) is 0. The first-order valence-corrected chi connectivity index (χ1v) is 8.54. The van der Waals surface area contributed by atoms with Crippen molar-refractivity contribution in [3.05, 3.63) is 68.3 Å². The molecule has 0 fully saturated rings. The number of halogens is 2. The van der Waals surface area contributed by atoms with Gasteiger partial charge in [-0.15, -0.1) is 0 Å². The number of H-pyrrole nitrogens is 1. The van der Waals surface area contributed by atoms with Gasteiger partial charge in [-0.3, -0.25) is 9.78 Å². The predicted molar refractivity (Wildman–Crippen MR) is 101 cm³/mol. The number of oxazole rings is 1. The number of amides is 1. The van der Waals surface area contributed by atoms with Crippen LogP contribution in [0.4, 0.5) is 5.69 Å². The second kappa shape index (κ2) is 6.61. The monoisotopic (exact) mass is 403 g/mol. The zero-order valence-electron chi connectivity index (χ0n) is 13.8. The molecular formula is C18H11Cl2N3O4. The smallest absolute Gasteiger partial charge is 0.408 e. The third-order valence-corrected chi connectivity index (χ3v) is 4.60. The van der Waals surface area contributed by atoms with Gasteiger partial charge in [-0.05, 0) is 37.3 Å². The minimum atomic E-state index is -0.570. The number of carbonyl (C=O) groups is 1. The number of rotatable bonds is 3. The third kappa shape index (κ3) is 3.11. The Morgan fingerprint density at radius 2 is 1.93 bits per heavy atom. The van der Waals surface area contributed by atoms with Crippen molar-refractivity contribution >= 4 is 45.9 Å². The van der Waals surface area contributed by atoms with Crippen molar-refractivity contribution in [2.45, 2.75) is 6.92 Å². The van der Waals surface area contributed by atoms with E-state index in [0.29, 0.717) is 38.2 Å². The molecule has 4 aromatic rings. The van der Waals surface area contributed by atoms with Gasteiger partial charge in [0, 0.05) is 11.3 Å². The van der Waals surface area contributed by atoms with Gasteiger partial charge in [-0.25, -0.2) is 4.79 Å². The standard InChI is InChI=1S/C18H11Cl2N3O4/c1-8-14(16(23-27-8)15-10(19)3-2-4-11(15)20)17(24)21-9-5-6-13-12(7-9)22-18(25)26-13/h2-7H,1H3,(H,21,24)(H,22,25). The molecule has 0 saturated carbocycles. The van der Waals surface area contributed by atoms with Crippen LogP contribution in [0.15, 0.2) is 50.1 Å². The van der Waals surface area contributed by atoms with E-state index < -0.39 is 11.7 Å². The van der Waals surface area contributed by atoms with E-state index in [1.54, 1.807) is 43.3 Å². The number of carbonyl (C=O) groups excluding carboxylic acids is 1. The predicted octanol–water partition coefficient (Wildman–Crippen LogP) is 4.64. The highest BCUT2D eigenvalue weighted by molar-refractivity contribution is 6.39. The molecule has 0 spiro atoms. The molecule has 27 heavy (non-hydrogen) atoms. The molecule has 0 saturated heterocycles. The molecule has 2 aromatic carbocycles. The Balaban J connectivity index is 1.73. The second-order valence-electron chi connectivity index (χ2n) is 5.74. The van der Waals surface area contributed by atoms with Gasteiger partial charge < -0.3 is 14.3 Å². The summed E-state index contributed by atoms with van der Waals surface area (Å²) in [7, 11) is 0. The van der Waals surface area contributed by atoms with E-state index in [0.717, 1.165) is 0 Å². The zero-order valence-corrected chi connectivity index (χ0v) is 15.3. The van der Waals surface area contributed by atoms with Crippen molar-refractivity contribution in [2.75, 3.05) is 5.32 Å². The Hall–Kier alpha value is -3.03. The van der Waals surface area contributed by atoms with Crippen LogP contribution in [0.2, 0.25) is 10.0 Å². The van der Waals surface area contributed by atoms with Crippen LogP contribution < -0.4 is 11.1 Å². The molecule has 1 amide bonds. The number of aryl methyl sites for hydroxylation is 1. The Morgan fingerprint density at radius 3 is 2.67 bits per heavy atom. The lowest BCUT2D eigenvalue weighted by molar-refractivity contribution is 0.102. The average Bonchev–Trinajstić information content (AvgIpc) is 3.16. The molecule has 0 aliphatic carbocycles. The summed E-state index contributed by atoms with van der Waals surface area (Å²) in [5, 5.41) is 7.40. The summed E-state index contributed by atoms with van der Waals surface area (Å²) >= 11 is 12.5. The maximum Gasteiger partial charge on any atom is 0.417 e. The lowest BCUT2D eigenvalue weighted by atomic mass is 10.1. The molecule has 4 rings (SSSR count). The molecule has 0 radical (unpaired) electrons. The van der Waals surface area contributed by atoms with Crippen LogP contribution in [0.25, 0.3) is 22.4 Å². The Bertz CT molecular complexity index is 1220. The van der Waals surface area contributed by atoms with Crippen molar-refractivity contribution in [2.24, 2.45) is 0 Å². The summed E-state index contributed by atoms with van der Waals surface area (Å²) in [6, 6.07) is 9.78. The van der Waals surface area contributed by atoms with E-state index >= 15 is 0 Å². The normalized spacial score (nSPS) is 11.1. The van der Waals surface area contributed by atoms with Crippen molar-refractivity contribution in [1.29, 1.82) is 0 Å². The molecule has 0 unspecified atom stereocenters. The zero-order chi connectivity index (χ0) is 19.1. The largest absolute Gasteiger partial charge is 0.417 e. The van der Waals surface area contributed by atoms with Crippen LogP contribution in [0, 0.1) is 6.92 Å². The van der Waals surface area contributed by atoms with Gasteiger partial charge >= 0.3 is 5.76 Å². The van der Waals surface area contributed by atoms with Crippen molar-refractivity contribution in [1.82, 2.24) is 10.1 Å². The summed E-state index contributed by atoms with van der Waals surface area (Å²) < 4.78 is 10.1. The molecule has 0 atom stereocenters. The Morgan fingerprint density at radius 1 is 1.19 bits per heavy atom. The number of nitrogens with one attached hydrogen (secondary N) is 2. The Labute approximate surface area is 161 Å². The van der Waals surface area contributed by atoms with Crippen molar-refractivity contribution < 1.29 is 13.7 Å². The molecule has 0 aliphatic rings. The maximum atomic E-state index is 12.9. The molecular weight excluding hydrogens is 393 g/mol. The fourth-order valence-electron chi connectivity index (χ4n) is 2.76. The molecule has 0 aliphatic heterocycles. The highest BCUT2D eigenvalue weighted by Gasteiger charge is 2.25. The summed E-state index contributed by atoms with van der Waals surface area (Å²) in [4.78, 5) is 26.7. The molecule has 136 valence electrons. The summed E-state index contributed by atoms with van der Waals surface area (Å²) in [6.45, 7) is 1.62. The van der Waals surface area contributed by atoms with Gasteiger partial charge in [0.2, 0.25) is 0 Å². The third-order valence-electron chi connectivity index (χ3n) is 3.97. The van der Waals surface area contributed by atoms with E-state index in [4.69, 9.17) is 32.1 Å². The van der Waals surface area contributed by atoms with Gasteiger partial charge in [-0.2, -0.15) is 0 Å². The number of anilines is 1. The van der Waals surface area contributed by atoms with Gasteiger partial charge in [-0.1, -0.05) is 34.4 Å². The number of hydrogen-bond acceptors (Lipinski definition) is 5. The first-order valence-electron chi connectivity index (χ1n) is 7.79. The molecule has 2 aromatic heterocycles. The lowest BCUT2D eigenvalue weighted by Gasteiger charge is -2.08. The van der Waals surface area contributed by atoms with Gasteiger partial charge in [0.25, 0.3) is 5.91 Å². The molecule has 7 nitrogen and oxygen atoms in total. The first kappa shape index (κ1) is 17.4. The van der Waals surface area contributed by atoms with Gasteiger partial charge in [0.15, 0.2) is 5.58 Å². The fraction of sp³-hybridized carbons (Fsp3) is 0.0556. The topological polar surface area (TPSA) is 101 Å². The minimum Gasteiger partial charge on any atom is -0.408 e. The molecule has 2 heterocycles. The molecule has 0 bridgehead atoms. The van der Waals surface area contributed by atoms with Gasteiger partial charge in [0.05, 0.1) is 15.6 Å². The number of fused-ring (bicyclic) bond motifs is 1. The SMILES string of the molecule is Cc1onc(-c2c(Cl)cccc2Cl)c1C(=O)Nc1ccc2oc(=O)[nH]c2c1. The van der Waals surface area contributed by atoms with Crippen LogP contribution in [0.3, 0.4) is 0 Å². The van der Waals surface area contributed by atoms with Crippen LogP contribution in [0.5, 0.6) is 0 Å². The Kier molecular flexibility index (Phi) is 4.25. The van der Waals surface area contributed by atoms with Crippen LogP contribution >= 0.6 is 23.2 Å². The van der Waals surface area contributed by atoms with E-state index in [1.165, 1.54) is 0 Å². The molecule has 2 N–H and O–H groups in total. The van der Waals surface area contributed by atoms with E-state index in [-0.39, 0.29) is 11.3 Å². The van der Waals surface area contributed by atoms with E-state index in [9.17, 15) is 9.59 Å². The highest BCUT2D eigenvalue weighted by Crippen LogP contribution is 2.37. The van der Waals surface area contributed by atoms with Crippen LogP contribution in [-0.4, -0.2) is 16.0 Å². The number of hydrogen-bond donors (Lipinski definition) is 2. The second-order valence-corrected chi connectivity index (χ2v) is 6.55. The first-order chi connectivity index (χ1) is 12.9. The van der Waals surface area contributed by atoms with Crippen LogP contribution in [0.1, 0.15) is 16.1 Å².